The maximum absolute atomic E-state index is 10.5. The molecular formula is C7H12O5. The topological polar surface area (TPSA) is 83.8 Å². The van der Waals surface area contributed by atoms with E-state index in [1.54, 1.807) is 0 Å². The molecule has 1 atom stereocenters. The molecule has 0 saturated heterocycles. The normalized spacial score (nSPS) is 13.6. The first kappa shape index (κ1) is 10.9. The molecule has 12 heavy (non-hydrogen) atoms. The Kier molecular flexibility index (Phi) is 3.69. The minimum absolute atomic E-state index is 0.0657. The van der Waals surface area contributed by atoms with E-state index in [2.05, 4.69) is 4.74 Å². The van der Waals surface area contributed by atoms with Crippen LogP contribution in [0, 0.1) is 5.41 Å². The minimum atomic E-state index is -1.31. The van der Waals surface area contributed by atoms with Crippen LogP contribution < -0.4 is 0 Å². The summed E-state index contributed by atoms with van der Waals surface area (Å²) in [6.45, 7) is 2.69. The number of ether oxygens (including phenoxy) is 1. The van der Waals surface area contributed by atoms with Crippen molar-refractivity contribution in [2.24, 2.45) is 5.41 Å². The van der Waals surface area contributed by atoms with Crippen molar-refractivity contribution in [3.05, 3.63) is 0 Å². The Labute approximate surface area is 70.0 Å². The number of aliphatic hydroxyl groups excluding tert-OH is 1. The third kappa shape index (κ3) is 2.50. The van der Waals surface area contributed by atoms with Crippen LogP contribution in [0.1, 0.15) is 13.8 Å². The van der Waals surface area contributed by atoms with Crippen LogP contribution in [-0.2, 0) is 14.3 Å². The van der Waals surface area contributed by atoms with Crippen LogP contribution in [0.2, 0.25) is 0 Å². The van der Waals surface area contributed by atoms with Crippen molar-refractivity contribution in [1.82, 2.24) is 0 Å². The van der Waals surface area contributed by atoms with Gasteiger partial charge in [0, 0.05) is 5.41 Å². The van der Waals surface area contributed by atoms with Crippen molar-refractivity contribution in [3.63, 3.8) is 0 Å². The van der Waals surface area contributed by atoms with Crippen molar-refractivity contribution < 1.29 is 24.5 Å². The lowest BCUT2D eigenvalue weighted by Gasteiger charge is -2.26. The lowest BCUT2D eigenvalue weighted by Crippen LogP contribution is -2.41. The highest BCUT2D eigenvalue weighted by Gasteiger charge is 2.36. The first-order chi connectivity index (χ1) is 5.45. The zero-order chi connectivity index (χ0) is 9.78. The van der Waals surface area contributed by atoms with E-state index in [9.17, 15) is 9.59 Å². The fourth-order valence-electron chi connectivity index (χ4n) is 0.715. The molecule has 70 valence electrons. The van der Waals surface area contributed by atoms with Crippen LogP contribution in [0.5, 0.6) is 0 Å². The molecule has 0 fully saturated rings. The molecule has 2 N–H and O–H groups in total. The monoisotopic (exact) mass is 176 g/mol. The second-order valence-corrected chi connectivity index (χ2v) is 3.10. The molecule has 0 heterocycles. The number of carboxylic acids is 1. The van der Waals surface area contributed by atoms with E-state index in [0.29, 0.717) is 0 Å². The van der Waals surface area contributed by atoms with E-state index in [1.807, 2.05) is 0 Å². The van der Waals surface area contributed by atoms with Crippen LogP contribution in [-0.4, -0.2) is 35.4 Å². The standard InChI is InChI=1S/C7H12O5/c1-7(2,3-8)5(6(10)11)12-4-9/h4-5,8H,3H2,1-2H3,(H,10,11). The first-order valence-electron chi connectivity index (χ1n) is 3.38. The molecule has 5 nitrogen and oxygen atoms in total. The summed E-state index contributed by atoms with van der Waals surface area (Å²) in [6.07, 6.45) is -1.31. The van der Waals surface area contributed by atoms with E-state index >= 15 is 0 Å². The molecule has 0 aliphatic rings. The summed E-state index contributed by atoms with van der Waals surface area (Å²) >= 11 is 0. The Morgan fingerprint density at radius 1 is 1.67 bits per heavy atom. The number of hydrogen-bond donors (Lipinski definition) is 2. The number of hydrogen-bond acceptors (Lipinski definition) is 4. The van der Waals surface area contributed by atoms with Crippen LogP contribution in [0.3, 0.4) is 0 Å². The molecular weight excluding hydrogens is 164 g/mol. The SMILES string of the molecule is CC(C)(CO)C(OC=O)C(=O)O. The third-order valence-corrected chi connectivity index (χ3v) is 1.53. The predicted molar refractivity (Wildman–Crippen MR) is 39.4 cm³/mol. The largest absolute Gasteiger partial charge is 0.478 e. The molecule has 0 aliphatic heterocycles. The fraction of sp³-hybridized carbons (Fsp3) is 0.714. The fourth-order valence-corrected chi connectivity index (χ4v) is 0.715. The summed E-state index contributed by atoms with van der Waals surface area (Å²) in [5.41, 5.74) is -0.966. The zero-order valence-corrected chi connectivity index (χ0v) is 6.98. The van der Waals surface area contributed by atoms with E-state index < -0.39 is 17.5 Å². The number of carbonyl (C=O) groups is 2. The molecule has 5 heteroatoms. The molecule has 0 aromatic carbocycles. The summed E-state index contributed by atoms with van der Waals surface area (Å²) in [5.74, 6) is -1.26. The number of aliphatic carboxylic acids is 1. The van der Waals surface area contributed by atoms with Gasteiger partial charge in [0.1, 0.15) is 0 Å². The smallest absolute Gasteiger partial charge is 0.345 e. The third-order valence-electron chi connectivity index (χ3n) is 1.53. The van der Waals surface area contributed by atoms with Crippen LogP contribution in [0.15, 0.2) is 0 Å². The lowest BCUT2D eigenvalue weighted by atomic mass is 9.87. The van der Waals surface area contributed by atoms with Crippen LogP contribution in [0.4, 0.5) is 0 Å². The summed E-state index contributed by atoms with van der Waals surface area (Å²) in [4.78, 5) is 20.4. The van der Waals surface area contributed by atoms with Gasteiger partial charge in [-0.1, -0.05) is 13.8 Å². The highest BCUT2D eigenvalue weighted by molar-refractivity contribution is 5.74. The summed E-state index contributed by atoms with van der Waals surface area (Å²) < 4.78 is 4.32. The molecule has 0 spiro atoms. The van der Waals surface area contributed by atoms with Gasteiger partial charge in [0.2, 0.25) is 6.10 Å². The highest BCUT2D eigenvalue weighted by atomic mass is 16.5. The Hall–Kier alpha value is -1.10. The van der Waals surface area contributed by atoms with Gasteiger partial charge >= 0.3 is 5.97 Å². The van der Waals surface area contributed by atoms with E-state index in [0.717, 1.165) is 0 Å². The summed E-state index contributed by atoms with van der Waals surface area (Å²) in [6, 6.07) is 0. The molecule has 0 aromatic heterocycles. The Morgan fingerprint density at radius 3 is 2.42 bits per heavy atom. The average Bonchev–Trinajstić information content (AvgIpc) is 1.99. The van der Waals surface area contributed by atoms with Crippen LogP contribution in [0.25, 0.3) is 0 Å². The van der Waals surface area contributed by atoms with Gasteiger partial charge in [-0.25, -0.2) is 4.79 Å². The minimum Gasteiger partial charge on any atom is -0.478 e. The van der Waals surface area contributed by atoms with Gasteiger partial charge in [-0.05, 0) is 0 Å². The van der Waals surface area contributed by atoms with Crippen molar-refractivity contribution in [2.45, 2.75) is 20.0 Å². The van der Waals surface area contributed by atoms with Crippen LogP contribution >= 0.6 is 0 Å². The van der Waals surface area contributed by atoms with Gasteiger partial charge in [0.25, 0.3) is 6.47 Å². The number of carboxylic acid groups (broad SMARTS) is 1. The second-order valence-electron chi connectivity index (χ2n) is 3.10. The van der Waals surface area contributed by atoms with Gasteiger partial charge in [0.05, 0.1) is 6.61 Å². The Balaban J connectivity index is 4.48. The second kappa shape index (κ2) is 4.06. The molecule has 0 radical (unpaired) electrons. The predicted octanol–water partition coefficient (Wildman–Crippen LogP) is -0.369. The molecule has 0 rings (SSSR count). The maximum atomic E-state index is 10.5. The maximum Gasteiger partial charge on any atom is 0.345 e. The van der Waals surface area contributed by atoms with Crippen molar-refractivity contribution in [3.8, 4) is 0 Å². The van der Waals surface area contributed by atoms with Crippen molar-refractivity contribution >= 4 is 12.4 Å². The zero-order valence-electron chi connectivity index (χ0n) is 6.98. The van der Waals surface area contributed by atoms with Gasteiger partial charge in [0.15, 0.2) is 0 Å². The quantitative estimate of drug-likeness (QED) is 0.558. The molecule has 0 aromatic rings. The first-order valence-corrected chi connectivity index (χ1v) is 3.38. The molecule has 0 aliphatic carbocycles. The highest BCUT2D eigenvalue weighted by Crippen LogP contribution is 2.22. The molecule has 0 saturated carbocycles. The van der Waals surface area contributed by atoms with E-state index in [4.69, 9.17) is 10.2 Å². The molecule has 1 unspecified atom stereocenters. The average molecular weight is 176 g/mol. The van der Waals surface area contributed by atoms with Gasteiger partial charge in [-0.15, -0.1) is 0 Å². The van der Waals surface area contributed by atoms with Gasteiger partial charge in [-0.3, -0.25) is 4.79 Å². The Bertz CT molecular complexity index is 175. The number of carbonyl (C=O) groups excluding carboxylic acids is 1. The van der Waals surface area contributed by atoms with E-state index in [-0.39, 0.29) is 13.1 Å². The van der Waals surface area contributed by atoms with Gasteiger partial charge in [-0.2, -0.15) is 0 Å². The van der Waals surface area contributed by atoms with E-state index in [1.165, 1.54) is 13.8 Å². The Morgan fingerprint density at radius 2 is 2.17 bits per heavy atom. The number of aliphatic hydroxyl groups is 1. The molecule has 0 amide bonds. The summed E-state index contributed by atoms with van der Waals surface area (Å²) in [5, 5.41) is 17.4. The van der Waals surface area contributed by atoms with Crippen molar-refractivity contribution in [1.29, 1.82) is 0 Å². The molecule has 0 bridgehead atoms. The number of rotatable bonds is 5. The van der Waals surface area contributed by atoms with Gasteiger partial charge < -0.3 is 14.9 Å². The lowest BCUT2D eigenvalue weighted by molar-refractivity contribution is -0.166. The van der Waals surface area contributed by atoms with Crippen molar-refractivity contribution in [2.75, 3.05) is 6.61 Å². The summed E-state index contributed by atoms with van der Waals surface area (Å²) in [7, 11) is 0.